The van der Waals surface area contributed by atoms with E-state index in [0.29, 0.717) is 0 Å². The average Bonchev–Trinajstić information content (AvgIpc) is 2.82. The van der Waals surface area contributed by atoms with Crippen LogP contribution in [0.4, 0.5) is 26.3 Å². The molecular weight excluding hydrogens is 562 g/mol. The molecule has 0 heterocycles. The van der Waals surface area contributed by atoms with Crippen molar-refractivity contribution in [3.63, 3.8) is 0 Å². The maximum atomic E-state index is 13.1. The van der Waals surface area contributed by atoms with Crippen molar-refractivity contribution in [2.75, 3.05) is 0 Å². The molecule has 0 N–H and O–H groups in total. The Morgan fingerprint density at radius 3 is 1.13 bits per heavy atom. The Morgan fingerprint density at radius 1 is 0.500 bits per heavy atom. The van der Waals surface area contributed by atoms with E-state index in [4.69, 9.17) is 0 Å². The van der Waals surface area contributed by atoms with Crippen molar-refractivity contribution in [3.8, 4) is 33.8 Å². The molecule has 38 heavy (non-hydrogen) atoms. The number of hydrogen-bond acceptors (Lipinski definition) is 6. The lowest BCUT2D eigenvalue weighted by Gasteiger charge is -2.17. The van der Waals surface area contributed by atoms with E-state index in [9.17, 15) is 43.2 Å². The van der Waals surface area contributed by atoms with Gasteiger partial charge < -0.3 is 8.37 Å². The van der Waals surface area contributed by atoms with E-state index < -0.39 is 42.8 Å². The molecule has 14 heteroatoms. The zero-order valence-corrected chi connectivity index (χ0v) is 20.2. The second-order valence-corrected chi connectivity index (χ2v) is 10.8. The summed E-state index contributed by atoms with van der Waals surface area (Å²) in [6, 6.07) is 19.5. The summed E-state index contributed by atoms with van der Waals surface area (Å²) in [5, 5.41) is 0.0420. The number of benzene rings is 4. The number of rotatable bonds is 6. The van der Waals surface area contributed by atoms with Crippen molar-refractivity contribution < 1.29 is 51.5 Å². The second kappa shape index (κ2) is 9.51. The number of fused-ring (bicyclic) bond motifs is 1. The van der Waals surface area contributed by atoms with Crippen LogP contribution in [0.15, 0.2) is 84.9 Å². The van der Waals surface area contributed by atoms with E-state index in [1.54, 1.807) is 12.1 Å². The molecule has 0 spiro atoms. The highest BCUT2D eigenvalue weighted by molar-refractivity contribution is 7.88. The van der Waals surface area contributed by atoms with Gasteiger partial charge in [0, 0.05) is 11.1 Å². The summed E-state index contributed by atoms with van der Waals surface area (Å²) in [6.07, 6.45) is 0. The predicted octanol–water partition coefficient (Wildman–Crippen LogP) is 6.63. The maximum Gasteiger partial charge on any atom is 0.534 e. The summed E-state index contributed by atoms with van der Waals surface area (Å²) in [5.41, 5.74) is -11.2. The van der Waals surface area contributed by atoms with E-state index in [1.165, 1.54) is 60.7 Å². The highest BCUT2D eigenvalue weighted by Crippen LogP contribution is 2.42. The molecule has 0 aromatic heterocycles. The molecule has 0 bridgehead atoms. The third kappa shape index (κ3) is 5.41. The lowest BCUT2D eigenvalue weighted by Crippen LogP contribution is -2.28. The predicted molar refractivity (Wildman–Crippen MR) is 126 cm³/mol. The van der Waals surface area contributed by atoms with Gasteiger partial charge in [-0.3, -0.25) is 0 Å². The van der Waals surface area contributed by atoms with Gasteiger partial charge in [0.15, 0.2) is 11.5 Å². The summed E-state index contributed by atoms with van der Waals surface area (Å²) in [4.78, 5) is 0. The van der Waals surface area contributed by atoms with Crippen molar-refractivity contribution in [3.05, 3.63) is 84.9 Å². The summed E-state index contributed by atoms with van der Waals surface area (Å²) in [5.74, 6) is -1.59. The van der Waals surface area contributed by atoms with Crippen molar-refractivity contribution in [2.24, 2.45) is 0 Å². The third-order valence-electron chi connectivity index (χ3n) is 5.17. The number of alkyl halides is 6. The van der Waals surface area contributed by atoms with Gasteiger partial charge in [0.1, 0.15) is 0 Å². The topological polar surface area (TPSA) is 86.7 Å². The molecule has 0 aliphatic rings. The van der Waals surface area contributed by atoms with Crippen LogP contribution in [0.3, 0.4) is 0 Å². The Labute approximate surface area is 212 Å². The van der Waals surface area contributed by atoms with Crippen molar-refractivity contribution in [1.82, 2.24) is 0 Å². The molecule has 6 nitrogen and oxygen atoms in total. The summed E-state index contributed by atoms with van der Waals surface area (Å²) >= 11 is 0. The SMILES string of the molecule is O=S(=O)(Oc1cc2cc(OS(=O)(=O)C(F)(F)F)c(-c3ccccc3)cc2cc1-c1ccccc1)C(F)(F)F. The van der Waals surface area contributed by atoms with Crippen LogP contribution in [0.1, 0.15) is 0 Å². The van der Waals surface area contributed by atoms with E-state index in [-0.39, 0.29) is 33.0 Å². The zero-order valence-electron chi connectivity index (χ0n) is 18.6. The van der Waals surface area contributed by atoms with Gasteiger partial charge in [-0.15, -0.1) is 0 Å². The molecule has 0 saturated heterocycles. The van der Waals surface area contributed by atoms with Crippen LogP contribution in [0.5, 0.6) is 11.5 Å². The van der Waals surface area contributed by atoms with Gasteiger partial charge in [0.25, 0.3) is 0 Å². The van der Waals surface area contributed by atoms with E-state index in [0.717, 1.165) is 12.1 Å². The van der Waals surface area contributed by atoms with Gasteiger partial charge in [-0.1, -0.05) is 60.7 Å². The van der Waals surface area contributed by atoms with Crippen molar-refractivity contribution >= 4 is 31.0 Å². The Morgan fingerprint density at radius 2 is 0.816 bits per heavy atom. The molecule has 4 rings (SSSR count). The zero-order chi connectivity index (χ0) is 27.9. The molecule has 0 amide bonds. The van der Waals surface area contributed by atoms with Crippen LogP contribution >= 0.6 is 0 Å². The molecule has 0 saturated carbocycles. The van der Waals surface area contributed by atoms with Gasteiger partial charge in [-0.25, -0.2) is 0 Å². The fourth-order valence-corrected chi connectivity index (χ4v) is 4.40. The normalized spacial score (nSPS) is 12.9. The van der Waals surface area contributed by atoms with Crippen molar-refractivity contribution in [1.29, 1.82) is 0 Å². The van der Waals surface area contributed by atoms with E-state index >= 15 is 0 Å². The lowest BCUT2D eigenvalue weighted by molar-refractivity contribution is -0.0504. The minimum absolute atomic E-state index is 0.0819. The molecule has 200 valence electrons. The Balaban J connectivity index is 2.01. The van der Waals surface area contributed by atoms with Crippen LogP contribution in [0.2, 0.25) is 0 Å². The standard InChI is InChI=1S/C24H14F6O6S2/c25-23(26,27)37(31,32)35-21-13-18-14-22(36-38(33,34)24(28,29)30)20(16-9-5-2-6-10-16)12-17(18)11-19(21)15-7-3-1-4-8-15/h1-14H. The van der Waals surface area contributed by atoms with Gasteiger partial charge >= 0.3 is 31.3 Å². The third-order valence-corrected chi connectivity index (χ3v) is 7.10. The monoisotopic (exact) mass is 576 g/mol. The van der Waals surface area contributed by atoms with Gasteiger partial charge in [-0.05, 0) is 46.2 Å². The molecule has 0 aliphatic heterocycles. The van der Waals surface area contributed by atoms with E-state index in [1.807, 2.05) is 0 Å². The summed E-state index contributed by atoms with van der Waals surface area (Å²) in [6.45, 7) is 0. The van der Waals surface area contributed by atoms with Crippen LogP contribution in [-0.2, 0) is 20.2 Å². The van der Waals surface area contributed by atoms with Crippen LogP contribution < -0.4 is 8.37 Å². The minimum atomic E-state index is -6.14. The second-order valence-electron chi connectivity index (χ2n) is 7.74. The Bertz CT molecular complexity index is 1580. The molecule has 0 radical (unpaired) electrons. The first-order valence-electron chi connectivity index (χ1n) is 10.3. The maximum absolute atomic E-state index is 13.1. The van der Waals surface area contributed by atoms with E-state index in [2.05, 4.69) is 8.37 Å². The summed E-state index contributed by atoms with van der Waals surface area (Å²) in [7, 11) is -12.3. The Kier molecular flexibility index (Phi) is 6.82. The molecule has 0 aliphatic carbocycles. The molecule has 4 aromatic carbocycles. The first kappa shape index (κ1) is 27.3. The molecule has 0 atom stereocenters. The molecular formula is C24H14F6O6S2. The highest BCUT2D eigenvalue weighted by Gasteiger charge is 2.49. The first-order valence-corrected chi connectivity index (χ1v) is 13.1. The number of halogens is 6. The summed E-state index contributed by atoms with van der Waals surface area (Å²) < 4.78 is 134. The van der Waals surface area contributed by atoms with Gasteiger partial charge in [0.2, 0.25) is 0 Å². The van der Waals surface area contributed by atoms with Crippen molar-refractivity contribution in [2.45, 2.75) is 11.0 Å². The number of hydrogen-bond donors (Lipinski definition) is 0. The lowest BCUT2D eigenvalue weighted by atomic mass is 9.96. The van der Waals surface area contributed by atoms with Crippen LogP contribution in [-0.4, -0.2) is 27.9 Å². The minimum Gasteiger partial charge on any atom is -0.375 e. The molecule has 4 aromatic rings. The fourth-order valence-electron chi connectivity index (χ4n) is 3.46. The largest absolute Gasteiger partial charge is 0.534 e. The fraction of sp³-hybridized carbons (Fsp3) is 0.0833. The molecule has 0 unspecified atom stereocenters. The molecule has 0 fully saturated rings. The van der Waals surface area contributed by atoms with Gasteiger partial charge in [-0.2, -0.15) is 43.2 Å². The first-order chi connectivity index (χ1) is 17.6. The Hall–Kier alpha value is -3.78. The van der Waals surface area contributed by atoms with Crippen LogP contribution in [0.25, 0.3) is 33.0 Å². The smallest absolute Gasteiger partial charge is 0.375 e. The average molecular weight is 576 g/mol. The highest BCUT2D eigenvalue weighted by atomic mass is 32.2. The van der Waals surface area contributed by atoms with Gasteiger partial charge in [0.05, 0.1) is 0 Å². The van der Waals surface area contributed by atoms with Crippen LogP contribution in [0, 0.1) is 0 Å². The quantitative estimate of drug-likeness (QED) is 0.146.